The van der Waals surface area contributed by atoms with Gasteiger partial charge in [0.1, 0.15) is 11.5 Å². The summed E-state index contributed by atoms with van der Waals surface area (Å²) in [5, 5.41) is 3.85. The lowest BCUT2D eigenvalue weighted by atomic mass is 10.3. The van der Waals surface area contributed by atoms with Gasteiger partial charge in [0.15, 0.2) is 6.29 Å². The monoisotopic (exact) mass is 164 g/mol. The number of nitrogens with zero attached hydrogens (tertiary/aromatic N) is 2. The highest BCUT2D eigenvalue weighted by Crippen LogP contribution is 2.06. The van der Waals surface area contributed by atoms with Crippen molar-refractivity contribution in [3.05, 3.63) is 35.9 Å². The maximum atomic E-state index is 12.6. The van der Waals surface area contributed by atoms with Crippen molar-refractivity contribution in [1.29, 1.82) is 0 Å². The number of hydrogen-bond acceptors (Lipinski definition) is 2. The summed E-state index contributed by atoms with van der Waals surface area (Å²) >= 11 is 0. The van der Waals surface area contributed by atoms with Crippen LogP contribution in [0.1, 0.15) is 10.5 Å². The maximum absolute atomic E-state index is 12.6. The minimum Gasteiger partial charge on any atom is -0.296 e. The molecule has 3 nitrogen and oxygen atoms in total. The van der Waals surface area contributed by atoms with Crippen LogP contribution in [0.4, 0.5) is 4.39 Å². The van der Waals surface area contributed by atoms with Crippen molar-refractivity contribution < 1.29 is 9.18 Å². The molecule has 0 aliphatic heterocycles. The van der Waals surface area contributed by atoms with Gasteiger partial charge in [-0.05, 0) is 18.2 Å². The van der Waals surface area contributed by atoms with E-state index in [0.717, 1.165) is 0 Å². The van der Waals surface area contributed by atoms with Crippen molar-refractivity contribution in [2.75, 3.05) is 0 Å². The number of carbonyl (C=O) groups is 1. The zero-order valence-corrected chi connectivity index (χ0v) is 6.07. The first-order valence-corrected chi connectivity index (χ1v) is 3.40. The second-order valence-electron chi connectivity index (χ2n) is 2.40. The van der Waals surface area contributed by atoms with Crippen LogP contribution in [0.3, 0.4) is 0 Å². The van der Waals surface area contributed by atoms with E-state index in [1.165, 1.54) is 28.9 Å². The van der Waals surface area contributed by atoms with Gasteiger partial charge in [-0.1, -0.05) is 0 Å². The highest BCUT2D eigenvalue weighted by molar-refractivity contribution is 5.74. The first-order chi connectivity index (χ1) is 5.79. The molecule has 0 fully saturated rings. The van der Waals surface area contributed by atoms with Gasteiger partial charge < -0.3 is 0 Å². The summed E-state index contributed by atoms with van der Waals surface area (Å²) in [6.07, 6.45) is 2.10. The fourth-order valence-corrected chi connectivity index (χ4v) is 1.04. The molecule has 0 amide bonds. The fraction of sp³-hybridized carbons (Fsp3) is 0. The Balaban J connectivity index is 2.75. The molecule has 0 unspecified atom stereocenters. The standard InChI is InChI=1S/C8H5FN2O/c9-6-1-2-11-8(3-6)4-7(5-12)10-11/h1-5H. The Labute approximate surface area is 67.4 Å². The van der Waals surface area contributed by atoms with Crippen LogP contribution in [0.15, 0.2) is 24.4 Å². The molecule has 2 aromatic heterocycles. The number of aldehydes is 1. The van der Waals surface area contributed by atoms with Gasteiger partial charge in [-0.25, -0.2) is 8.91 Å². The minimum atomic E-state index is -0.333. The Morgan fingerprint density at radius 3 is 3.08 bits per heavy atom. The fourth-order valence-electron chi connectivity index (χ4n) is 1.04. The van der Waals surface area contributed by atoms with Gasteiger partial charge in [0.05, 0.1) is 5.52 Å². The number of halogens is 1. The van der Waals surface area contributed by atoms with E-state index in [0.29, 0.717) is 17.5 Å². The molecule has 2 aromatic rings. The average molecular weight is 164 g/mol. The summed E-state index contributed by atoms with van der Waals surface area (Å²) in [5.41, 5.74) is 0.887. The molecular formula is C8H5FN2O. The number of pyridine rings is 1. The van der Waals surface area contributed by atoms with Gasteiger partial charge in [0.2, 0.25) is 0 Å². The average Bonchev–Trinajstić information content (AvgIpc) is 2.46. The quantitative estimate of drug-likeness (QED) is 0.595. The Kier molecular flexibility index (Phi) is 1.40. The van der Waals surface area contributed by atoms with Crippen LogP contribution < -0.4 is 0 Å². The van der Waals surface area contributed by atoms with Crippen LogP contribution in [-0.2, 0) is 0 Å². The molecule has 0 radical (unpaired) electrons. The third-order valence-corrected chi connectivity index (χ3v) is 1.56. The molecule has 12 heavy (non-hydrogen) atoms. The molecule has 0 bridgehead atoms. The molecule has 0 saturated carbocycles. The molecule has 4 heteroatoms. The second kappa shape index (κ2) is 2.41. The molecule has 0 aliphatic rings. The third-order valence-electron chi connectivity index (χ3n) is 1.56. The summed E-state index contributed by atoms with van der Waals surface area (Å²) in [4.78, 5) is 10.3. The lowest BCUT2D eigenvalue weighted by Crippen LogP contribution is -1.87. The Morgan fingerprint density at radius 2 is 2.33 bits per heavy atom. The van der Waals surface area contributed by atoms with E-state index in [9.17, 15) is 9.18 Å². The molecule has 2 heterocycles. The Morgan fingerprint density at radius 1 is 1.50 bits per heavy atom. The summed E-state index contributed by atoms with van der Waals surface area (Å²) in [6, 6.07) is 4.13. The molecule has 0 saturated heterocycles. The number of rotatable bonds is 1. The smallest absolute Gasteiger partial charge is 0.170 e. The van der Waals surface area contributed by atoms with Crippen LogP contribution in [0.25, 0.3) is 5.52 Å². The Bertz CT molecular complexity index is 436. The molecule has 0 N–H and O–H groups in total. The number of fused-ring (bicyclic) bond motifs is 1. The zero-order chi connectivity index (χ0) is 8.55. The summed E-state index contributed by atoms with van der Waals surface area (Å²) in [5.74, 6) is -0.333. The lowest BCUT2D eigenvalue weighted by Gasteiger charge is -1.89. The molecular weight excluding hydrogens is 159 g/mol. The van der Waals surface area contributed by atoms with Crippen LogP contribution in [0.2, 0.25) is 0 Å². The lowest BCUT2D eigenvalue weighted by molar-refractivity contribution is 0.111. The van der Waals surface area contributed by atoms with E-state index in [2.05, 4.69) is 5.10 Å². The molecule has 2 rings (SSSR count). The van der Waals surface area contributed by atoms with Crippen LogP contribution in [0.5, 0.6) is 0 Å². The molecule has 60 valence electrons. The van der Waals surface area contributed by atoms with Crippen molar-refractivity contribution in [3.63, 3.8) is 0 Å². The summed E-state index contributed by atoms with van der Waals surface area (Å²) in [6.45, 7) is 0. The number of carbonyl (C=O) groups excluding carboxylic acids is 1. The minimum absolute atomic E-state index is 0.306. The van der Waals surface area contributed by atoms with Gasteiger partial charge in [-0.15, -0.1) is 0 Å². The van der Waals surface area contributed by atoms with Crippen molar-refractivity contribution in [2.24, 2.45) is 0 Å². The van der Waals surface area contributed by atoms with Crippen molar-refractivity contribution in [2.45, 2.75) is 0 Å². The number of aromatic nitrogens is 2. The summed E-state index contributed by atoms with van der Waals surface area (Å²) in [7, 11) is 0. The van der Waals surface area contributed by atoms with Gasteiger partial charge in [-0.3, -0.25) is 4.79 Å². The predicted octanol–water partition coefficient (Wildman–Crippen LogP) is 1.29. The highest BCUT2D eigenvalue weighted by atomic mass is 19.1. The van der Waals surface area contributed by atoms with E-state index < -0.39 is 0 Å². The predicted molar refractivity (Wildman–Crippen MR) is 40.5 cm³/mol. The van der Waals surface area contributed by atoms with Crippen molar-refractivity contribution >= 4 is 11.8 Å². The molecule has 0 atom stereocenters. The van der Waals surface area contributed by atoms with Gasteiger partial charge in [-0.2, -0.15) is 5.10 Å². The van der Waals surface area contributed by atoms with Gasteiger partial charge in [0, 0.05) is 6.20 Å². The van der Waals surface area contributed by atoms with E-state index in [-0.39, 0.29) is 5.82 Å². The van der Waals surface area contributed by atoms with Crippen molar-refractivity contribution in [3.8, 4) is 0 Å². The molecule has 0 aromatic carbocycles. The topological polar surface area (TPSA) is 34.4 Å². The first kappa shape index (κ1) is 6.97. The van der Waals surface area contributed by atoms with Crippen molar-refractivity contribution in [1.82, 2.24) is 9.61 Å². The number of hydrogen-bond donors (Lipinski definition) is 0. The largest absolute Gasteiger partial charge is 0.296 e. The maximum Gasteiger partial charge on any atom is 0.170 e. The van der Waals surface area contributed by atoms with Gasteiger partial charge in [0.25, 0.3) is 0 Å². The second-order valence-corrected chi connectivity index (χ2v) is 2.40. The Hall–Kier alpha value is -1.71. The summed E-state index contributed by atoms with van der Waals surface area (Å²) < 4.78 is 14.1. The van der Waals surface area contributed by atoms with E-state index in [1.54, 1.807) is 0 Å². The van der Waals surface area contributed by atoms with E-state index in [1.807, 2.05) is 0 Å². The molecule has 0 spiro atoms. The third kappa shape index (κ3) is 0.972. The normalized spacial score (nSPS) is 10.4. The van der Waals surface area contributed by atoms with Crippen LogP contribution >= 0.6 is 0 Å². The SMILES string of the molecule is O=Cc1cc2cc(F)ccn2n1. The van der Waals surface area contributed by atoms with Crippen LogP contribution in [-0.4, -0.2) is 15.9 Å². The van der Waals surface area contributed by atoms with E-state index in [4.69, 9.17) is 0 Å². The zero-order valence-electron chi connectivity index (χ0n) is 6.07. The first-order valence-electron chi connectivity index (χ1n) is 3.40. The van der Waals surface area contributed by atoms with E-state index >= 15 is 0 Å². The highest BCUT2D eigenvalue weighted by Gasteiger charge is 1.99. The molecule has 0 aliphatic carbocycles. The van der Waals surface area contributed by atoms with Gasteiger partial charge >= 0.3 is 0 Å². The van der Waals surface area contributed by atoms with Crippen LogP contribution in [0, 0.1) is 5.82 Å².